The van der Waals surface area contributed by atoms with E-state index in [1.165, 1.54) is 5.56 Å². The summed E-state index contributed by atoms with van der Waals surface area (Å²) in [5.74, 6) is 0.433. The molecule has 1 heterocycles. The van der Waals surface area contributed by atoms with E-state index >= 15 is 0 Å². The molecular formula is C11H12ClNO. The molecule has 74 valence electrons. The summed E-state index contributed by atoms with van der Waals surface area (Å²) in [6.07, 6.45) is 1.58. The van der Waals surface area contributed by atoms with Crippen LogP contribution < -0.4 is 5.32 Å². The van der Waals surface area contributed by atoms with Gasteiger partial charge in [-0.1, -0.05) is 24.6 Å². The molecule has 2 rings (SSSR count). The molecule has 0 radical (unpaired) electrons. The quantitative estimate of drug-likeness (QED) is 0.756. The Labute approximate surface area is 88.3 Å². The Balaban J connectivity index is 2.45. The smallest absolute Gasteiger partial charge is 0.224 e. The van der Waals surface area contributed by atoms with Gasteiger partial charge in [0.05, 0.1) is 0 Å². The SMILES string of the molecule is CCC1CC(=O)Nc2cc(Cl)ccc21. The zero-order chi connectivity index (χ0) is 10.1. The third-order valence-electron chi connectivity index (χ3n) is 2.65. The summed E-state index contributed by atoms with van der Waals surface area (Å²) < 4.78 is 0. The van der Waals surface area contributed by atoms with Crippen LogP contribution >= 0.6 is 11.6 Å². The number of anilines is 1. The van der Waals surface area contributed by atoms with Crippen molar-refractivity contribution in [1.29, 1.82) is 0 Å². The fourth-order valence-electron chi connectivity index (χ4n) is 1.89. The lowest BCUT2D eigenvalue weighted by molar-refractivity contribution is -0.116. The average molecular weight is 210 g/mol. The Hall–Kier alpha value is -1.02. The van der Waals surface area contributed by atoms with Gasteiger partial charge < -0.3 is 5.32 Å². The van der Waals surface area contributed by atoms with Crippen LogP contribution in [0.1, 0.15) is 31.2 Å². The highest BCUT2D eigenvalue weighted by atomic mass is 35.5. The number of carbonyl (C=O) groups is 1. The highest BCUT2D eigenvalue weighted by Crippen LogP contribution is 2.35. The molecule has 0 fully saturated rings. The zero-order valence-corrected chi connectivity index (χ0v) is 8.77. The van der Waals surface area contributed by atoms with Crippen molar-refractivity contribution in [2.45, 2.75) is 25.7 Å². The van der Waals surface area contributed by atoms with Crippen LogP contribution in [0.5, 0.6) is 0 Å². The summed E-state index contributed by atoms with van der Waals surface area (Å²) in [4.78, 5) is 11.4. The van der Waals surface area contributed by atoms with E-state index in [4.69, 9.17) is 11.6 Å². The van der Waals surface area contributed by atoms with E-state index in [0.29, 0.717) is 17.4 Å². The van der Waals surface area contributed by atoms with Gasteiger partial charge in [-0.15, -0.1) is 0 Å². The van der Waals surface area contributed by atoms with Gasteiger partial charge in [-0.2, -0.15) is 0 Å². The molecule has 3 heteroatoms. The second kappa shape index (κ2) is 3.62. The summed E-state index contributed by atoms with van der Waals surface area (Å²) in [6, 6.07) is 5.70. The Kier molecular flexibility index (Phi) is 2.46. The summed E-state index contributed by atoms with van der Waals surface area (Å²) in [5.41, 5.74) is 2.08. The van der Waals surface area contributed by atoms with E-state index in [1.807, 2.05) is 18.2 Å². The summed E-state index contributed by atoms with van der Waals surface area (Å²) >= 11 is 5.86. The lowest BCUT2D eigenvalue weighted by Gasteiger charge is -2.24. The second-order valence-electron chi connectivity index (χ2n) is 3.59. The molecular weight excluding hydrogens is 198 g/mol. The topological polar surface area (TPSA) is 29.1 Å². The molecule has 0 aromatic heterocycles. The van der Waals surface area contributed by atoms with Gasteiger partial charge in [0.2, 0.25) is 5.91 Å². The molecule has 0 saturated heterocycles. The van der Waals surface area contributed by atoms with Gasteiger partial charge in [-0.05, 0) is 30.0 Å². The number of halogens is 1. The molecule has 0 spiro atoms. The van der Waals surface area contributed by atoms with Gasteiger partial charge in [0.25, 0.3) is 0 Å². The molecule has 1 N–H and O–H groups in total. The predicted molar refractivity (Wildman–Crippen MR) is 57.7 cm³/mol. The minimum atomic E-state index is 0.0895. The number of rotatable bonds is 1. The highest BCUT2D eigenvalue weighted by Gasteiger charge is 2.23. The number of hydrogen-bond donors (Lipinski definition) is 1. The van der Waals surface area contributed by atoms with Gasteiger partial charge >= 0.3 is 0 Å². The van der Waals surface area contributed by atoms with Gasteiger partial charge in [-0.3, -0.25) is 4.79 Å². The van der Waals surface area contributed by atoms with E-state index in [1.54, 1.807) is 0 Å². The van der Waals surface area contributed by atoms with Crippen LogP contribution in [0.25, 0.3) is 0 Å². The van der Waals surface area contributed by atoms with Crippen molar-refractivity contribution in [3.05, 3.63) is 28.8 Å². The minimum absolute atomic E-state index is 0.0895. The number of benzene rings is 1. The lowest BCUT2D eigenvalue weighted by Crippen LogP contribution is -2.22. The molecule has 0 bridgehead atoms. The molecule has 1 aliphatic rings. The van der Waals surface area contributed by atoms with Crippen LogP contribution in [0.3, 0.4) is 0 Å². The van der Waals surface area contributed by atoms with Crippen molar-refractivity contribution in [2.75, 3.05) is 5.32 Å². The number of nitrogens with one attached hydrogen (secondary N) is 1. The maximum Gasteiger partial charge on any atom is 0.224 e. The first-order valence-corrected chi connectivity index (χ1v) is 5.17. The first-order valence-electron chi connectivity index (χ1n) is 4.80. The Morgan fingerprint density at radius 3 is 3.07 bits per heavy atom. The Morgan fingerprint density at radius 2 is 2.36 bits per heavy atom. The van der Waals surface area contributed by atoms with E-state index < -0.39 is 0 Å². The first kappa shape index (κ1) is 9.53. The second-order valence-corrected chi connectivity index (χ2v) is 4.03. The van der Waals surface area contributed by atoms with Gasteiger partial charge in [0.15, 0.2) is 0 Å². The molecule has 0 aliphatic carbocycles. The lowest BCUT2D eigenvalue weighted by atomic mass is 9.89. The van der Waals surface area contributed by atoms with Crippen molar-refractivity contribution < 1.29 is 4.79 Å². The molecule has 1 aliphatic heterocycles. The monoisotopic (exact) mass is 209 g/mol. The third-order valence-corrected chi connectivity index (χ3v) is 2.89. The summed E-state index contributed by atoms with van der Waals surface area (Å²) in [5, 5.41) is 3.51. The van der Waals surface area contributed by atoms with Crippen LogP contribution in [0.2, 0.25) is 5.02 Å². The van der Waals surface area contributed by atoms with Crippen molar-refractivity contribution in [2.24, 2.45) is 0 Å². The van der Waals surface area contributed by atoms with Crippen molar-refractivity contribution in [1.82, 2.24) is 0 Å². The van der Waals surface area contributed by atoms with E-state index in [9.17, 15) is 4.79 Å². The van der Waals surface area contributed by atoms with Crippen LogP contribution in [0.4, 0.5) is 5.69 Å². The predicted octanol–water partition coefficient (Wildman–Crippen LogP) is 3.18. The highest BCUT2D eigenvalue weighted by molar-refractivity contribution is 6.31. The van der Waals surface area contributed by atoms with E-state index in [2.05, 4.69) is 12.2 Å². The molecule has 1 aromatic rings. The molecule has 1 atom stereocenters. The van der Waals surface area contributed by atoms with Gasteiger partial charge in [0, 0.05) is 17.1 Å². The Morgan fingerprint density at radius 1 is 1.57 bits per heavy atom. The molecule has 0 saturated carbocycles. The zero-order valence-electron chi connectivity index (χ0n) is 8.01. The number of amides is 1. The molecule has 14 heavy (non-hydrogen) atoms. The average Bonchev–Trinajstić information content (AvgIpc) is 2.15. The van der Waals surface area contributed by atoms with Crippen LogP contribution in [0.15, 0.2) is 18.2 Å². The van der Waals surface area contributed by atoms with Crippen LogP contribution in [0, 0.1) is 0 Å². The molecule has 1 unspecified atom stereocenters. The maximum absolute atomic E-state index is 11.4. The molecule has 1 aromatic carbocycles. The van der Waals surface area contributed by atoms with Crippen molar-refractivity contribution in [3.63, 3.8) is 0 Å². The maximum atomic E-state index is 11.4. The summed E-state index contributed by atoms with van der Waals surface area (Å²) in [7, 11) is 0. The standard InChI is InChI=1S/C11H12ClNO/c1-2-7-5-11(14)13-10-6-8(12)3-4-9(7)10/h3-4,6-7H,2,5H2,1H3,(H,13,14). The number of hydrogen-bond acceptors (Lipinski definition) is 1. The van der Waals surface area contributed by atoms with Crippen LogP contribution in [-0.2, 0) is 4.79 Å². The fourth-order valence-corrected chi connectivity index (χ4v) is 2.06. The fraction of sp³-hybridized carbons (Fsp3) is 0.364. The number of carbonyl (C=O) groups excluding carboxylic acids is 1. The van der Waals surface area contributed by atoms with E-state index in [-0.39, 0.29) is 5.91 Å². The van der Waals surface area contributed by atoms with Gasteiger partial charge in [0.1, 0.15) is 0 Å². The van der Waals surface area contributed by atoms with Crippen molar-refractivity contribution >= 4 is 23.2 Å². The number of fused-ring (bicyclic) bond motifs is 1. The van der Waals surface area contributed by atoms with E-state index in [0.717, 1.165) is 12.1 Å². The summed E-state index contributed by atoms with van der Waals surface area (Å²) in [6.45, 7) is 2.10. The normalized spacial score (nSPS) is 20.1. The van der Waals surface area contributed by atoms with Crippen molar-refractivity contribution in [3.8, 4) is 0 Å². The van der Waals surface area contributed by atoms with Crippen LogP contribution in [-0.4, -0.2) is 5.91 Å². The largest absolute Gasteiger partial charge is 0.326 e. The third kappa shape index (κ3) is 1.62. The Bertz CT molecular complexity index is 376. The first-order chi connectivity index (χ1) is 6.70. The molecule has 2 nitrogen and oxygen atoms in total. The minimum Gasteiger partial charge on any atom is -0.326 e. The van der Waals surface area contributed by atoms with Gasteiger partial charge in [-0.25, -0.2) is 0 Å². The molecule has 1 amide bonds.